The number of carbonyl (C=O) groups is 2. The Morgan fingerprint density at radius 3 is 2.58 bits per heavy atom. The van der Waals surface area contributed by atoms with E-state index in [9.17, 15) is 9.59 Å². The number of anilines is 1. The van der Waals surface area contributed by atoms with Crippen LogP contribution in [0.3, 0.4) is 0 Å². The number of aryl methyl sites for hydroxylation is 1. The lowest BCUT2D eigenvalue weighted by molar-refractivity contribution is -0.128. The Kier molecular flexibility index (Phi) is 6.75. The topological polar surface area (TPSA) is 98.6 Å². The molecule has 2 amide bonds. The number of nitrogens with zero attached hydrogens (tertiary/aromatic N) is 4. The first kappa shape index (κ1) is 25.3. The standard InChI is InChI=1S/C29H31N5O4/c1-5-29(3,4)30-28(36)27(21-11-7-6-10-19(21)2)34(20-14-15-24-25(16-20)38-18-37-24)26(35)17-33-23-13-9-8-12-22(23)31-32-33/h6-16,27H,5,17-18H2,1-4H3,(H,30,36)/t27-/m1/s1. The normalized spacial score (nSPS) is 13.4. The van der Waals surface area contributed by atoms with Crippen molar-refractivity contribution in [2.75, 3.05) is 11.7 Å². The van der Waals surface area contributed by atoms with Crippen LogP contribution in [0.2, 0.25) is 0 Å². The first-order valence-corrected chi connectivity index (χ1v) is 12.6. The molecule has 1 aromatic heterocycles. The van der Waals surface area contributed by atoms with Crippen LogP contribution in [-0.2, 0) is 16.1 Å². The van der Waals surface area contributed by atoms with Gasteiger partial charge in [-0.3, -0.25) is 14.5 Å². The summed E-state index contributed by atoms with van der Waals surface area (Å²) in [5.41, 5.74) is 3.09. The van der Waals surface area contributed by atoms with Crippen molar-refractivity contribution in [3.63, 3.8) is 0 Å². The number of aromatic nitrogens is 3. The largest absolute Gasteiger partial charge is 0.454 e. The fourth-order valence-electron chi connectivity index (χ4n) is 4.49. The molecule has 4 aromatic rings. The molecule has 196 valence electrons. The number of ether oxygens (including phenoxy) is 2. The first-order valence-electron chi connectivity index (χ1n) is 12.6. The van der Waals surface area contributed by atoms with E-state index in [1.54, 1.807) is 22.9 Å². The molecular weight excluding hydrogens is 482 g/mol. The molecule has 0 spiro atoms. The Morgan fingerprint density at radius 2 is 1.79 bits per heavy atom. The summed E-state index contributed by atoms with van der Waals surface area (Å²) in [6.07, 6.45) is 0.724. The predicted molar refractivity (Wildman–Crippen MR) is 144 cm³/mol. The summed E-state index contributed by atoms with van der Waals surface area (Å²) in [6, 6.07) is 19.4. The molecule has 1 aliphatic rings. The maximum Gasteiger partial charge on any atom is 0.249 e. The third kappa shape index (κ3) is 4.91. The van der Waals surface area contributed by atoms with Crippen LogP contribution in [0.5, 0.6) is 11.5 Å². The molecule has 38 heavy (non-hydrogen) atoms. The molecule has 0 radical (unpaired) electrons. The number of para-hydroxylation sites is 1. The summed E-state index contributed by atoms with van der Waals surface area (Å²) < 4.78 is 12.7. The third-order valence-corrected chi connectivity index (χ3v) is 6.94. The van der Waals surface area contributed by atoms with Crippen molar-refractivity contribution in [2.24, 2.45) is 0 Å². The highest BCUT2D eigenvalue weighted by Crippen LogP contribution is 2.39. The van der Waals surface area contributed by atoms with Gasteiger partial charge in [0.15, 0.2) is 11.5 Å². The smallest absolute Gasteiger partial charge is 0.249 e. The second-order valence-corrected chi connectivity index (χ2v) is 10.0. The molecule has 3 aromatic carbocycles. The van der Waals surface area contributed by atoms with Crippen LogP contribution < -0.4 is 19.7 Å². The molecule has 0 fully saturated rings. The van der Waals surface area contributed by atoms with Gasteiger partial charge in [0.05, 0.1) is 5.52 Å². The molecule has 1 N–H and O–H groups in total. The van der Waals surface area contributed by atoms with Gasteiger partial charge in [-0.1, -0.05) is 48.5 Å². The molecule has 0 saturated carbocycles. The summed E-state index contributed by atoms with van der Waals surface area (Å²) >= 11 is 0. The van der Waals surface area contributed by atoms with Gasteiger partial charge in [-0.05, 0) is 62.6 Å². The Labute approximate surface area is 221 Å². The molecule has 5 rings (SSSR count). The van der Waals surface area contributed by atoms with E-state index < -0.39 is 11.6 Å². The van der Waals surface area contributed by atoms with E-state index >= 15 is 0 Å². The monoisotopic (exact) mass is 513 g/mol. The lowest BCUT2D eigenvalue weighted by Gasteiger charge is -2.35. The molecule has 0 unspecified atom stereocenters. The van der Waals surface area contributed by atoms with Gasteiger partial charge in [-0.25, -0.2) is 4.68 Å². The van der Waals surface area contributed by atoms with E-state index in [0.29, 0.717) is 22.7 Å². The summed E-state index contributed by atoms with van der Waals surface area (Å²) in [5.74, 6) is 0.509. The summed E-state index contributed by atoms with van der Waals surface area (Å²) in [6.45, 7) is 7.88. The highest BCUT2D eigenvalue weighted by molar-refractivity contribution is 6.02. The average Bonchev–Trinajstić information content (AvgIpc) is 3.54. The SMILES string of the molecule is CCC(C)(C)NC(=O)[C@@H](c1ccccc1C)N(C(=O)Cn1nnc2ccccc21)c1ccc2c(c1)OCO2. The zero-order valence-corrected chi connectivity index (χ0v) is 22.0. The van der Waals surface area contributed by atoms with Gasteiger partial charge < -0.3 is 14.8 Å². The highest BCUT2D eigenvalue weighted by Gasteiger charge is 2.36. The van der Waals surface area contributed by atoms with E-state index in [1.807, 2.05) is 76.2 Å². The van der Waals surface area contributed by atoms with Crippen LogP contribution in [-0.4, -0.2) is 39.1 Å². The highest BCUT2D eigenvalue weighted by atomic mass is 16.7. The van der Waals surface area contributed by atoms with E-state index in [-0.39, 0.29) is 25.2 Å². The Hall–Kier alpha value is -4.40. The Bertz CT molecular complexity index is 1500. The molecule has 1 atom stereocenters. The van der Waals surface area contributed by atoms with Crippen LogP contribution in [0.1, 0.15) is 44.4 Å². The minimum absolute atomic E-state index is 0.101. The van der Waals surface area contributed by atoms with Crippen molar-refractivity contribution in [3.05, 3.63) is 77.9 Å². The van der Waals surface area contributed by atoms with E-state index in [2.05, 4.69) is 15.6 Å². The van der Waals surface area contributed by atoms with Crippen molar-refractivity contribution in [3.8, 4) is 11.5 Å². The van der Waals surface area contributed by atoms with Crippen molar-refractivity contribution in [2.45, 2.75) is 52.2 Å². The van der Waals surface area contributed by atoms with Crippen LogP contribution in [0.4, 0.5) is 5.69 Å². The average molecular weight is 514 g/mol. The quantitative estimate of drug-likeness (QED) is 0.371. The number of benzene rings is 3. The van der Waals surface area contributed by atoms with Gasteiger partial charge in [0.25, 0.3) is 0 Å². The van der Waals surface area contributed by atoms with E-state index in [1.165, 1.54) is 4.90 Å². The van der Waals surface area contributed by atoms with Crippen LogP contribution in [0, 0.1) is 6.92 Å². The van der Waals surface area contributed by atoms with Gasteiger partial charge >= 0.3 is 0 Å². The summed E-state index contributed by atoms with van der Waals surface area (Å²) in [5, 5.41) is 11.6. The first-order chi connectivity index (χ1) is 18.3. The van der Waals surface area contributed by atoms with Crippen LogP contribution in [0.25, 0.3) is 11.0 Å². The maximum absolute atomic E-state index is 14.2. The van der Waals surface area contributed by atoms with Gasteiger partial charge in [0.2, 0.25) is 18.6 Å². The number of amides is 2. The van der Waals surface area contributed by atoms with Crippen LogP contribution in [0.15, 0.2) is 66.7 Å². The predicted octanol–water partition coefficient (Wildman–Crippen LogP) is 4.55. The fourth-order valence-corrected chi connectivity index (χ4v) is 4.49. The fraction of sp³-hybridized carbons (Fsp3) is 0.310. The van der Waals surface area contributed by atoms with Gasteiger partial charge in [0, 0.05) is 17.3 Å². The molecule has 0 saturated heterocycles. The van der Waals surface area contributed by atoms with Crippen molar-refractivity contribution >= 4 is 28.5 Å². The summed E-state index contributed by atoms with van der Waals surface area (Å²) in [4.78, 5) is 29.8. The lowest BCUT2D eigenvalue weighted by atomic mass is 9.95. The minimum atomic E-state index is -0.940. The minimum Gasteiger partial charge on any atom is -0.454 e. The van der Waals surface area contributed by atoms with Crippen molar-refractivity contribution < 1.29 is 19.1 Å². The van der Waals surface area contributed by atoms with Crippen molar-refractivity contribution in [1.29, 1.82) is 0 Å². The molecule has 9 heteroatoms. The van der Waals surface area contributed by atoms with Gasteiger partial charge in [0.1, 0.15) is 18.1 Å². The van der Waals surface area contributed by atoms with Crippen LogP contribution >= 0.6 is 0 Å². The maximum atomic E-state index is 14.2. The molecule has 0 bridgehead atoms. The molecule has 9 nitrogen and oxygen atoms in total. The zero-order valence-electron chi connectivity index (χ0n) is 22.0. The van der Waals surface area contributed by atoms with E-state index in [0.717, 1.165) is 23.1 Å². The van der Waals surface area contributed by atoms with Gasteiger partial charge in [-0.15, -0.1) is 5.10 Å². The molecule has 2 heterocycles. The molecular formula is C29H31N5O4. The second-order valence-electron chi connectivity index (χ2n) is 10.0. The zero-order chi connectivity index (χ0) is 26.9. The Balaban J connectivity index is 1.63. The lowest BCUT2D eigenvalue weighted by Crippen LogP contribution is -2.51. The number of hydrogen-bond donors (Lipinski definition) is 1. The number of fused-ring (bicyclic) bond motifs is 2. The van der Waals surface area contributed by atoms with Crippen molar-refractivity contribution in [1.82, 2.24) is 20.3 Å². The number of carbonyl (C=O) groups excluding carboxylic acids is 2. The van der Waals surface area contributed by atoms with Gasteiger partial charge in [-0.2, -0.15) is 0 Å². The summed E-state index contributed by atoms with van der Waals surface area (Å²) in [7, 11) is 0. The Morgan fingerprint density at radius 1 is 1.05 bits per heavy atom. The molecule has 1 aliphatic heterocycles. The number of nitrogens with one attached hydrogen (secondary N) is 1. The number of rotatable bonds is 8. The third-order valence-electron chi connectivity index (χ3n) is 6.94. The van der Waals surface area contributed by atoms with E-state index in [4.69, 9.17) is 9.47 Å². The second kappa shape index (κ2) is 10.2. The number of hydrogen-bond acceptors (Lipinski definition) is 6. The molecule has 0 aliphatic carbocycles.